The van der Waals surface area contributed by atoms with E-state index >= 15 is 0 Å². The standard InChI is InChI=1S/C20H23F3N2O2/c21-20(22,23)16-5-4-6-17(13-16)25-11-9-24(10-12-25)14-18(26)15-27-19-7-2-1-3-8-19/h1-8,13,18,26H,9-12,14-15H2. The summed E-state index contributed by atoms with van der Waals surface area (Å²) in [6, 6.07) is 14.7. The molecule has 0 aromatic heterocycles. The maximum atomic E-state index is 12.9. The van der Waals surface area contributed by atoms with Crippen molar-refractivity contribution in [1.82, 2.24) is 4.90 Å². The van der Waals surface area contributed by atoms with Gasteiger partial charge in [0.25, 0.3) is 0 Å². The van der Waals surface area contributed by atoms with Gasteiger partial charge in [-0.15, -0.1) is 0 Å². The van der Waals surface area contributed by atoms with E-state index in [9.17, 15) is 18.3 Å². The van der Waals surface area contributed by atoms with E-state index in [1.54, 1.807) is 6.07 Å². The lowest BCUT2D eigenvalue weighted by molar-refractivity contribution is -0.137. The van der Waals surface area contributed by atoms with Crippen LogP contribution in [-0.2, 0) is 6.18 Å². The molecule has 4 nitrogen and oxygen atoms in total. The van der Waals surface area contributed by atoms with Crippen LogP contribution in [0.4, 0.5) is 18.9 Å². The van der Waals surface area contributed by atoms with Crippen molar-refractivity contribution in [1.29, 1.82) is 0 Å². The summed E-state index contributed by atoms with van der Waals surface area (Å²) < 4.78 is 44.2. The molecule has 27 heavy (non-hydrogen) atoms. The third-order valence-electron chi connectivity index (χ3n) is 4.57. The Morgan fingerprint density at radius 2 is 1.67 bits per heavy atom. The Labute approximate surface area is 156 Å². The summed E-state index contributed by atoms with van der Waals surface area (Å²) in [6.07, 6.45) is -4.95. The molecule has 1 N–H and O–H groups in total. The van der Waals surface area contributed by atoms with Crippen LogP contribution >= 0.6 is 0 Å². The van der Waals surface area contributed by atoms with Crippen LogP contribution < -0.4 is 9.64 Å². The van der Waals surface area contributed by atoms with E-state index in [0.29, 0.717) is 44.2 Å². The molecule has 2 aromatic carbocycles. The van der Waals surface area contributed by atoms with Crippen LogP contribution in [0.1, 0.15) is 5.56 Å². The highest BCUT2D eigenvalue weighted by Crippen LogP contribution is 2.31. The second-order valence-corrected chi connectivity index (χ2v) is 6.61. The molecule has 0 saturated carbocycles. The molecule has 0 radical (unpaired) electrons. The molecule has 0 aliphatic carbocycles. The molecular formula is C20H23F3N2O2. The van der Waals surface area contributed by atoms with Crippen LogP contribution in [0.25, 0.3) is 0 Å². The second-order valence-electron chi connectivity index (χ2n) is 6.61. The minimum Gasteiger partial charge on any atom is -0.491 e. The van der Waals surface area contributed by atoms with Crippen molar-refractivity contribution in [3.05, 3.63) is 60.2 Å². The van der Waals surface area contributed by atoms with Crippen LogP contribution in [0.3, 0.4) is 0 Å². The fraction of sp³-hybridized carbons (Fsp3) is 0.400. The zero-order chi connectivity index (χ0) is 19.3. The number of benzene rings is 2. The number of β-amino-alcohol motifs (C(OH)–C–C–N with tert-alkyl or cyclic N) is 1. The highest BCUT2D eigenvalue weighted by molar-refractivity contribution is 5.49. The molecule has 1 saturated heterocycles. The normalized spacial score (nSPS) is 17.0. The molecule has 1 aliphatic rings. The minimum atomic E-state index is -4.33. The van der Waals surface area contributed by atoms with Crippen molar-refractivity contribution in [2.75, 3.05) is 44.2 Å². The molecule has 2 aromatic rings. The Morgan fingerprint density at radius 3 is 2.33 bits per heavy atom. The first-order valence-electron chi connectivity index (χ1n) is 8.92. The number of aliphatic hydroxyl groups is 1. The van der Waals surface area contributed by atoms with Gasteiger partial charge in [-0.2, -0.15) is 13.2 Å². The van der Waals surface area contributed by atoms with Gasteiger partial charge in [-0.25, -0.2) is 0 Å². The van der Waals surface area contributed by atoms with Gasteiger partial charge in [-0.05, 0) is 30.3 Å². The Bertz CT molecular complexity index is 717. The summed E-state index contributed by atoms with van der Waals surface area (Å²) in [7, 11) is 0. The summed E-state index contributed by atoms with van der Waals surface area (Å²) in [5.41, 5.74) is -0.0478. The molecule has 1 fully saturated rings. The first kappa shape index (κ1) is 19.5. The van der Waals surface area contributed by atoms with Gasteiger partial charge < -0.3 is 14.7 Å². The largest absolute Gasteiger partial charge is 0.491 e. The van der Waals surface area contributed by atoms with E-state index < -0.39 is 17.8 Å². The van der Waals surface area contributed by atoms with E-state index in [2.05, 4.69) is 4.90 Å². The van der Waals surface area contributed by atoms with Gasteiger partial charge in [0.15, 0.2) is 0 Å². The van der Waals surface area contributed by atoms with Gasteiger partial charge >= 0.3 is 6.18 Å². The van der Waals surface area contributed by atoms with Gasteiger partial charge in [0.05, 0.1) is 5.56 Å². The Balaban J connectivity index is 1.46. The highest BCUT2D eigenvalue weighted by atomic mass is 19.4. The smallest absolute Gasteiger partial charge is 0.416 e. The molecule has 0 bridgehead atoms. The number of hydrogen-bond acceptors (Lipinski definition) is 4. The van der Waals surface area contributed by atoms with E-state index in [1.165, 1.54) is 12.1 Å². The van der Waals surface area contributed by atoms with Crippen molar-refractivity contribution in [3.8, 4) is 5.75 Å². The second kappa shape index (κ2) is 8.63. The average molecular weight is 380 g/mol. The number of piperazine rings is 1. The van der Waals surface area contributed by atoms with Crippen LogP contribution in [0.5, 0.6) is 5.75 Å². The first-order chi connectivity index (χ1) is 12.9. The molecule has 3 rings (SSSR count). The number of para-hydroxylation sites is 1. The molecule has 1 heterocycles. The van der Waals surface area contributed by atoms with Gasteiger partial charge in [0.2, 0.25) is 0 Å². The van der Waals surface area contributed by atoms with E-state index in [0.717, 1.165) is 6.07 Å². The van der Waals surface area contributed by atoms with Crippen molar-refractivity contribution in [3.63, 3.8) is 0 Å². The predicted molar refractivity (Wildman–Crippen MR) is 98.0 cm³/mol. The summed E-state index contributed by atoms with van der Waals surface area (Å²) in [4.78, 5) is 4.04. The molecule has 1 aliphatic heterocycles. The maximum Gasteiger partial charge on any atom is 0.416 e. The summed E-state index contributed by atoms with van der Waals surface area (Å²) in [5.74, 6) is 0.714. The SMILES string of the molecule is OC(COc1ccccc1)CN1CCN(c2cccc(C(F)(F)F)c2)CC1. The summed E-state index contributed by atoms with van der Waals surface area (Å²) >= 11 is 0. The van der Waals surface area contributed by atoms with Crippen molar-refractivity contribution in [2.24, 2.45) is 0 Å². The minimum absolute atomic E-state index is 0.206. The topological polar surface area (TPSA) is 35.9 Å². The number of alkyl halides is 3. The predicted octanol–water partition coefficient (Wildman–Crippen LogP) is 3.27. The number of rotatable bonds is 6. The monoisotopic (exact) mass is 380 g/mol. The molecular weight excluding hydrogens is 357 g/mol. The Hall–Kier alpha value is -2.25. The zero-order valence-corrected chi connectivity index (χ0v) is 14.9. The number of anilines is 1. The number of hydrogen-bond donors (Lipinski definition) is 1. The molecule has 0 amide bonds. The summed E-state index contributed by atoms with van der Waals surface area (Å²) in [5, 5.41) is 10.2. The lowest BCUT2D eigenvalue weighted by atomic mass is 10.1. The number of ether oxygens (including phenoxy) is 1. The fourth-order valence-electron chi connectivity index (χ4n) is 3.13. The van der Waals surface area contributed by atoms with E-state index in [1.807, 2.05) is 35.2 Å². The van der Waals surface area contributed by atoms with Gasteiger partial charge in [-0.1, -0.05) is 24.3 Å². The third-order valence-corrected chi connectivity index (χ3v) is 4.57. The maximum absolute atomic E-state index is 12.9. The quantitative estimate of drug-likeness (QED) is 0.835. The van der Waals surface area contributed by atoms with Crippen LogP contribution in [0.15, 0.2) is 54.6 Å². The van der Waals surface area contributed by atoms with Gasteiger partial charge in [-0.3, -0.25) is 4.90 Å². The van der Waals surface area contributed by atoms with E-state index in [-0.39, 0.29) is 6.61 Å². The molecule has 0 spiro atoms. The molecule has 1 atom stereocenters. The van der Waals surface area contributed by atoms with Crippen LogP contribution in [-0.4, -0.2) is 55.4 Å². The van der Waals surface area contributed by atoms with Crippen molar-refractivity contribution < 1.29 is 23.0 Å². The molecule has 146 valence electrons. The Morgan fingerprint density at radius 1 is 0.963 bits per heavy atom. The van der Waals surface area contributed by atoms with Crippen molar-refractivity contribution in [2.45, 2.75) is 12.3 Å². The van der Waals surface area contributed by atoms with Gasteiger partial charge in [0.1, 0.15) is 18.5 Å². The lowest BCUT2D eigenvalue weighted by Crippen LogP contribution is -2.49. The van der Waals surface area contributed by atoms with Gasteiger partial charge in [0, 0.05) is 38.4 Å². The highest BCUT2D eigenvalue weighted by Gasteiger charge is 2.31. The number of halogens is 3. The van der Waals surface area contributed by atoms with Crippen molar-refractivity contribution >= 4 is 5.69 Å². The van der Waals surface area contributed by atoms with Crippen LogP contribution in [0, 0.1) is 0 Å². The number of aliphatic hydroxyl groups excluding tert-OH is 1. The summed E-state index contributed by atoms with van der Waals surface area (Å²) in [6.45, 7) is 3.28. The molecule has 7 heteroatoms. The zero-order valence-electron chi connectivity index (χ0n) is 14.9. The first-order valence-corrected chi connectivity index (χ1v) is 8.92. The average Bonchev–Trinajstić information content (AvgIpc) is 2.67. The Kier molecular flexibility index (Phi) is 6.23. The molecule has 1 unspecified atom stereocenters. The van der Waals surface area contributed by atoms with Crippen LogP contribution in [0.2, 0.25) is 0 Å². The van der Waals surface area contributed by atoms with E-state index in [4.69, 9.17) is 4.74 Å². The third kappa shape index (κ3) is 5.61. The fourth-order valence-corrected chi connectivity index (χ4v) is 3.13. The number of nitrogens with zero attached hydrogens (tertiary/aromatic N) is 2. The lowest BCUT2D eigenvalue weighted by Gasteiger charge is -2.37.